The molecule has 5 heterocycles. The van der Waals surface area contributed by atoms with Gasteiger partial charge in [-0.25, -0.2) is 4.79 Å². The second kappa shape index (κ2) is 7.06. The summed E-state index contributed by atoms with van der Waals surface area (Å²) in [7, 11) is 0. The van der Waals surface area contributed by atoms with E-state index in [0.29, 0.717) is 0 Å². The van der Waals surface area contributed by atoms with E-state index >= 15 is 0 Å². The summed E-state index contributed by atoms with van der Waals surface area (Å²) in [6, 6.07) is 0. The van der Waals surface area contributed by atoms with Gasteiger partial charge in [0, 0.05) is 29.8 Å². The highest BCUT2D eigenvalue weighted by Gasteiger charge is 2.93. The lowest BCUT2D eigenvalue weighted by Gasteiger charge is -2.63. The third-order valence-electron chi connectivity index (χ3n) is 12.9. The monoisotopic (exact) mass is 558 g/mol. The molecule has 0 aromatic rings. The molecular formula is C29H34O11. The van der Waals surface area contributed by atoms with E-state index < -0.39 is 98.9 Å². The zero-order valence-electron chi connectivity index (χ0n) is 22.6. The molecule has 216 valence electrons. The van der Waals surface area contributed by atoms with Gasteiger partial charge in [-0.3, -0.25) is 14.4 Å². The van der Waals surface area contributed by atoms with E-state index in [2.05, 4.69) is 0 Å². The number of ketones is 2. The first-order valence-corrected chi connectivity index (χ1v) is 14.3. The molecule has 5 saturated heterocycles. The molecule has 7 fully saturated rings. The summed E-state index contributed by atoms with van der Waals surface area (Å²) in [5.74, 6) is -8.92. The van der Waals surface area contributed by atoms with Crippen molar-refractivity contribution in [2.75, 3.05) is 13.2 Å². The summed E-state index contributed by atoms with van der Waals surface area (Å²) in [4.78, 5) is 55.8. The van der Waals surface area contributed by atoms with Gasteiger partial charge in [0.25, 0.3) is 0 Å². The van der Waals surface area contributed by atoms with Gasteiger partial charge in [-0.05, 0) is 50.0 Å². The Morgan fingerprint density at radius 3 is 2.58 bits per heavy atom. The number of esters is 2. The molecule has 5 aliphatic heterocycles. The Labute approximate surface area is 230 Å². The molecule has 2 saturated carbocycles. The van der Waals surface area contributed by atoms with E-state index in [1.54, 1.807) is 26.8 Å². The van der Waals surface area contributed by atoms with Crippen LogP contribution in [0, 0.1) is 46.3 Å². The van der Waals surface area contributed by atoms with Crippen LogP contribution in [0.25, 0.3) is 0 Å². The molecule has 0 aromatic heterocycles. The van der Waals surface area contributed by atoms with Gasteiger partial charge in [-0.15, -0.1) is 0 Å². The summed E-state index contributed by atoms with van der Waals surface area (Å²) in [6.07, 6.45) is 1.25. The lowest BCUT2D eigenvalue weighted by Crippen LogP contribution is -2.79. The van der Waals surface area contributed by atoms with Crippen LogP contribution in [0.1, 0.15) is 46.5 Å². The van der Waals surface area contributed by atoms with E-state index in [0.717, 1.165) is 0 Å². The molecule has 6 unspecified atom stereocenters. The first kappa shape index (κ1) is 25.5. The number of ether oxygens (including phenoxy) is 4. The first-order valence-electron chi connectivity index (χ1n) is 14.3. The fourth-order valence-corrected chi connectivity index (χ4v) is 11.0. The summed E-state index contributed by atoms with van der Waals surface area (Å²) >= 11 is 0. The first-order chi connectivity index (χ1) is 18.8. The van der Waals surface area contributed by atoms with Crippen molar-refractivity contribution in [2.45, 2.75) is 81.3 Å². The van der Waals surface area contributed by atoms with Crippen LogP contribution in [0.3, 0.4) is 0 Å². The zero-order chi connectivity index (χ0) is 28.4. The van der Waals surface area contributed by atoms with Crippen molar-refractivity contribution in [3.05, 3.63) is 12.2 Å². The molecule has 0 radical (unpaired) electrons. The largest absolute Gasteiger partial charge is 0.458 e. The van der Waals surface area contributed by atoms with Crippen molar-refractivity contribution in [3.63, 3.8) is 0 Å². The summed E-state index contributed by atoms with van der Waals surface area (Å²) < 4.78 is 25.0. The molecular weight excluding hydrogens is 524 g/mol. The lowest BCUT2D eigenvalue weighted by molar-refractivity contribution is -0.379. The lowest BCUT2D eigenvalue weighted by atomic mass is 9.46. The average Bonchev–Trinajstić information content (AvgIpc) is 3.22. The summed E-state index contributed by atoms with van der Waals surface area (Å²) in [5.41, 5.74) is -8.15. The minimum atomic E-state index is -2.28. The molecule has 8 rings (SSSR count). The highest BCUT2D eigenvalue weighted by atomic mass is 16.8. The topological polar surface area (TPSA) is 166 Å². The Morgan fingerprint density at radius 1 is 1.10 bits per heavy atom. The van der Waals surface area contributed by atoms with Crippen molar-refractivity contribution < 1.29 is 53.4 Å². The Hall–Kier alpha value is -2.18. The number of aliphatic hydroxyl groups is 3. The van der Waals surface area contributed by atoms with Crippen LogP contribution in [0.2, 0.25) is 0 Å². The van der Waals surface area contributed by atoms with Gasteiger partial charge in [-0.2, -0.15) is 0 Å². The van der Waals surface area contributed by atoms with Crippen LogP contribution < -0.4 is 0 Å². The Kier molecular flexibility index (Phi) is 4.50. The number of allylic oxidation sites excluding steroid dienone is 1. The third kappa shape index (κ3) is 2.25. The standard InChI is InChI=1S/C29H34O11/c1-24-9-18-26(3)29-20(24)21(33)28(40-29,37-11-15(24)22(34)38-18)14-8-16(31)19-12(10-30)4-5-17(32)25(19,2)13(14)6-7-27(29,36)23(35)39-26/h4-5,12-16,18-20,30-31,36H,6-11H2,1-3H3/t12-,13?,14?,15-,16?,18+,19?,20?,24+,25-,26-,27?,28+,29-/m0/s1. The van der Waals surface area contributed by atoms with Crippen LogP contribution >= 0.6 is 0 Å². The van der Waals surface area contributed by atoms with Crippen LogP contribution in [0.4, 0.5) is 0 Å². The number of aliphatic hydroxyl groups excluding tert-OH is 2. The van der Waals surface area contributed by atoms with E-state index in [9.17, 15) is 34.5 Å². The van der Waals surface area contributed by atoms with Gasteiger partial charge in [0.05, 0.1) is 24.5 Å². The number of fused-ring (bicyclic) bond motifs is 5. The van der Waals surface area contributed by atoms with Gasteiger partial charge in [0.2, 0.25) is 5.79 Å². The molecule has 3 N–H and O–H groups in total. The minimum absolute atomic E-state index is 0.0380. The van der Waals surface area contributed by atoms with Gasteiger partial charge in [0.1, 0.15) is 6.10 Å². The molecule has 0 amide bonds. The molecule has 40 heavy (non-hydrogen) atoms. The zero-order valence-corrected chi connectivity index (χ0v) is 22.6. The quantitative estimate of drug-likeness (QED) is 0.366. The van der Waals surface area contributed by atoms with E-state index in [1.165, 1.54) is 6.08 Å². The molecule has 11 heteroatoms. The van der Waals surface area contributed by atoms with Gasteiger partial charge in [-0.1, -0.05) is 19.9 Å². The van der Waals surface area contributed by atoms with Gasteiger partial charge >= 0.3 is 11.9 Å². The second-order valence-electron chi connectivity index (χ2n) is 14.1. The fourth-order valence-electron chi connectivity index (χ4n) is 11.0. The van der Waals surface area contributed by atoms with Crippen molar-refractivity contribution in [2.24, 2.45) is 46.3 Å². The van der Waals surface area contributed by atoms with Crippen LogP contribution in [0.5, 0.6) is 0 Å². The van der Waals surface area contributed by atoms with Crippen LogP contribution in [-0.2, 0) is 38.1 Å². The minimum Gasteiger partial charge on any atom is -0.458 e. The number of carbonyl (C=O) groups is 4. The van der Waals surface area contributed by atoms with Crippen LogP contribution in [0.15, 0.2) is 12.2 Å². The number of Topliss-reactive ketones (excluding diaryl/α,β-unsaturated/α-hetero) is 1. The maximum absolute atomic E-state index is 15.0. The summed E-state index contributed by atoms with van der Waals surface area (Å²) in [6.45, 7) is 4.63. The van der Waals surface area contributed by atoms with Gasteiger partial charge in [0.15, 0.2) is 28.4 Å². The normalized spacial score (nSPS) is 60.8. The maximum atomic E-state index is 15.0. The predicted molar refractivity (Wildman–Crippen MR) is 130 cm³/mol. The van der Waals surface area contributed by atoms with Crippen LogP contribution in [-0.4, -0.2) is 86.8 Å². The smallest absolute Gasteiger partial charge is 0.342 e. The summed E-state index contributed by atoms with van der Waals surface area (Å²) in [5, 5.41) is 34.2. The molecule has 2 spiro atoms. The highest BCUT2D eigenvalue weighted by Crippen LogP contribution is 2.75. The van der Waals surface area contributed by atoms with Crippen molar-refractivity contribution in [1.29, 1.82) is 0 Å². The molecule has 5 bridgehead atoms. The average molecular weight is 559 g/mol. The Morgan fingerprint density at radius 2 is 1.85 bits per heavy atom. The molecule has 14 atom stereocenters. The van der Waals surface area contributed by atoms with E-state index in [1.807, 2.05) is 0 Å². The second-order valence-corrected chi connectivity index (χ2v) is 14.1. The SMILES string of the molecule is C[C@]12C(=O)C=C[C@@H](CO)C1C(O)CC1C2CCC2(O)C(=O)O[C@@]3(C)[C@H]4C[C@@]5(C)C6C(=O)[C@]1(OC[C@H]5C(=O)O4)O[C@]623. The van der Waals surface area contributed by atoms with Crippen molar-refractivity contribution in [3.8, 4) is 0 Å². The maximum Gasteiger partial charge on any atom is 0.342 e. The van der Waals surface area contributed by atoms with Crippen molar-refractivity contribution in [1.82, 2.24) is 0 Å². The van der Waals surface area contributed by atoms with E-state index in [4.69, 9.17) is 18.9 Å². The Balaban J connectivity index is 1.41. The number of hydrogen-bond donors (Lipinski definition) is 3. The Bertz CT molecular complexity index is 1330. The van der Waals surface area contributed by atoms with Gasteiger partial charge < -0.3 is 34.3 Å². The fraction of sp³-hybridized carbons (Fsp3) is 0.793. The molecule has 8 aliphatic rings. The molecule has 0 aromatic carbocycles. The number of rotatable bonds is 1. The predicted octanol–water partition coefficient (Wildman–Crippen LogP) is -0.174. The third-order valence-corrected chi connectivity index (χ3v) is 12.9. The molecule has 3 aliphatic carbocycles. The van der Waals surface area contributed by atoms with E-state index in [-0.39, 0.29) is 44.7 Å². The highest BCUT2D eigenvalue weighted by molar-refractivity contribution is 6.00. The van der Waals surface area contributed by atoms with Crippen molar-refractivity contribution >= 4 is 23.5 Å². The molecule has 11 nitrogen and oxygen atoms in total. The number of hydrogen-bond acceptors (Lipinski definition) is 11. The number of carbonyl (C=O) groups excluding carboxylic acids is 4.